The number of rotatable bonds is 7. The Morgan fingerprint density at radius 1 is 1.00 bits per heavy atom. The van der Waals surface area contributed by atoms with Crippen LogP contribution in [0.25, 0.3) is 0 Å². The number of carbonyl (C=O) groups excluding carboxylic acids is 1. The first-order chi connectivity index (χ1) is 13.6. The number of aryl methyl sites for hydroxylation is 1. The van der Waals surface area contributed by atoms with Crippen LogP contribution in [-0.2, 0) is 6.42 Å². The summed E-state index contributed by atoms with van der Waals surface area (Å²) in [5, 5.41) is 5.93. The Morgan fingerprint density at radius 3 is 2.39 bits per heavy atom. The van der Waals surface area contributed by atoms with Crippen molar-refractivity contribution in [2.24, 2.45) is 0 Å². The first-order valence-corrected chi connectivity index (χ1v) is 8.84. The summed E-state index contributed by atoms with van der Waals surface area (Å²) in [6.45, 7) is 2.08. The highest BCUT2D eigenvalue weighted by atomic mass is 16.5. The Labute approximate surface area is 163 Å². The molecule has 3 aromatic rings. The Kier molecular flexibility index (Phi) is 6.06. The zero-order valence-electron chi connectivity index (χ0n) is 16.0. The normalized spacial score (nSPS) is 10.2. The van der Waals surface area contributed by atoms with Gasteiger partial charge in [0, 0.05) is 11.8 Å². The van der Waals surface area contributed by atoms with Crippen LogP contribution in [0.2, 0.25) is 0 Å². The zero-order valence-corrected chi connectivity index (χ0v) is 16.0. The molecule has 0 aliphatic rings. The number of nitrogens with one attached hydrogen (secondary N) is 2. The number of methoxy groups -OCH3 is 2. The first-order valence-electron chi connectivity index (χ1n) is 8.84. The predicted octanol–water partition coefficient (Wildman–Crippen LogP) is 4.05. The number of carbonyl (C=O) groups is 1. The molecule has 1 amide bonds. The van der Waals surface area contributed by atoms with Crippen molar-refractivity contribution in [2.75, 3.05) is 24.9 Å². The van der Waals surface area contributed by atoms with E-state index < -0.39 is 0 Å². The van der Waals surface area contributed by atoms with Crippen molar-refractivity contribution in [3.05, 3.63) is 66.1 Å². The lowest BCUT2D eigenvalue weighted by Gasteiger charge is -2.12. The maximum Gasteiger partial charge on any atom is 0.275 e. The number of ether oxygens (including phenoxy) is 2. The molecule has 0 aliphatic heterocycles. The summed E-state index contributed by atoms with van der Waals surface area (Å²) in [6, 6.07) is 13.1. The molecule has 144 valence electrons. The standard InChI is InChI=1S/C21H22N4O3/c1-4-14-5-7-15(8-6-14)24-21(26)18-12-23-20(13-22-18)25-17-10-9-16(27-2)11-19(17)28-3/h5-13H,4H2,1-3H3,(H,23,25)(H,24,26). The Bertz CT molecular complexity index is 941. The molecule has 0 unspecified atom stereocenters. The number of benzene rings is 2. The lowest BCUT2D eigenvalue weighted by Crippen LogP contribution is -2.14. The van der Waals surface area contributed by atoms with E-state index in [1.54, 1.807) is 20.3 Å². The van der Waals surface area contributed by atoms with Gasteiger partial charge in [0.1, 0.15) is 23.0 Å². The summed E-state index contributed by atoms with van der Waals surface area (Å²) >= 11 is 0. The van der Waals surface area contributed by atoms with E-state index in [1.165, 1.54) is 18.0 Å². The SMILES string of the molecule is CCc1ccc(NC(=O)c2cnc(Nc3ccc(OC)cc3OC)cn2)cc1. The summed E-state index contributed by atoms with van der Waals surface area (Å²) in [4.78, 5) is 20.8. The molecule has 0 saturated heterocycles. The van der Waals surface area contributed by atoms with E-state index in [2.05, 4.69) is 27.5 Å². The van der Waals surface area contributed by atoms with Gasteiger partial charge in [0.15, 0.2) is 0 Å². The molecule has 28 heavy (non-hydrogen) atoms. The molecule has 7 heteroatoms. The van der Waals surface area contributed by atoms with Gasteiger partial charge in [0.2, 0.25) is 0 Å². The Morgan fingerprint density at radius 2 is 1.79 bits per heavy atom. The number of hydrogen-bond donors (Lipinski definition) is 2. The van der Waals surface area contributed by atoms with Crippen LogP contribution >= 0.6 is 0 Å². The largest absolute Gasteiger partial charge is 0.497 e. The van der Waals surface area contributed by atoms with Crippen LogP contribution in [0.15, 0.2) is 54.9 Å². The lowest BCUT2D eigenvalue weighted by atomic mass is 10.1. The highest BCUT2D eigenvalue weighted by Gasteiger charge is 2.10. The quantitative estimate of drug-likeness (QED) is 0.645. The van der Waals surface area contributed by atoms with Gasteiger partial charge < -0.3 is 20.1 Å². The minimum atomic E-state index is -0.315. The van der Waals surface area contributed by atoms with Crippen LogP contribution < -0.4 is 20.1 Å². The van der Waals surface area contributed by atoms with Crippen molar-refractivity contribution in [1.29, 1.82) is 0 Å². The maximum absolute atomic E-state index is 12.3. The molecular weight excluding hydrogens is 356 g/mol. The monoisotopic (exact) mass is 378 g/mol. The summed E-state index contributed by atoms with van der Waals surface area (Å²) < 4.78 is 10.5. The highest BCUT2D eigenvalue weighted by Crippen LogP contribution is 2.30. The van der Waals surface area contributed by atoms with Crippen LogP contribution in [0.5, 0.6) is 11.5 Å². The molecule has 0 bridgehead atoms. The van der Waals surface area contributed by atoms with E-state index in [-0.39, 0.29) is 11.6 Å². The number of amides is 1. The third-order valence-corrected chi connectivity index (χ3v) is 4.18. The summed E-state index contributed by atoms with van der Waals surface area (Å²) in [6.07, 6.45) is 3.87. The number of anilines is 3. The third kappa shape index (κ3) is 4.56. The van der Waals surface area contributed by atoms with Gasteiger partial charge in [0.05, 0.1) is 32.3 Å². The number of hydrogen-bond acceptors (Lipinski definition) is 6. The Hall–Kier alpha value is -3.61. The van der Waals surface area contributed by atoms with Crippen molar-refractivity contribution in [2.45, 2.75) is 13.3 Å². The molecule has 2 N–H and O–H groups in total. The maximum atomic E-state index is 12.3. The van der Waals surface area contributed by atoms with Gasteiger partial charge in [-0.2, -0.15) is 0 Å². The fourth-order valence-electron chi connectivity index (χ4n) is 2.57. The summed E-state index contributed by atoms with van der Waals surface area (Å²) in [5.41, 5.74) is 2.87. The average molecular weight is 378 g/mol. The molecular formula is C21H22N4O3. The van der Waals surface area contributed by atoms with E-state index in [9.17, 15) is 4.79 Å². The average Bonchev–Trinajstić information content (AvgIpc) is 2.75. The fourth-order valence-corrected chi connectivity index (χ4v) is 2.57. The second-order valence-electron chi connectivity index (χ2n) is 5.98. The van der Waals surface area contributed by atoms with E-state index in [0.717, 1.165) is 6.42 Å². The molecule has 0 saturated carbocycles. The van der Waals surface area contributed by atoms with Crippen molar-refractivity contribution in [3.8, 4) is 11.5 Å². The van der Waals surface area contributed by atoms with Gasteiger partial charge >= 0.3 is 0 Å². The number of nitrogens with zero attached hydrogens (tertiary/aromatic N) is 2. The molecule has 0 fully saturated rings. The van der Waals surface area contributed by atoms with Gasteiger partial charge in [-0.05, 0) is 36.2 Å². The molecule has 0 atom stereocenters. The van der Waals surface area contributed by atoms with E-state index in [0.29, 0.717) is 28.7 Å². The lowest BCUT2D eigenvalue weighted by molar-refractivity contribution is 0.102. The molecule has 0 radical (unpaired) electrons. The van der Waals surface area contributed by atoms with Crippen LogP contribution in [0, 0.1) is 0 Å². The van der Waals surface area contributed by atoms with Crippen molar-refractivity contribution < 1.29 is 14.3 Å². The van der Waals surface area contributed by atoms with E-state index >= 15 is 0 Å². The van der Waals surface area contributed by atoms with Gasteiger partial charge in [-0.1, -0.05) is 19.1 Å². The number of aromatic nitrogens is 2. The van der Waals surface area contributed by atoms with Gasteiger partial charge in [0.25, 0.3) is 5.91 Å². The molecule has 1 heterocycles. The topological polar surface area (TPSA) is 85.4 Å². The minimum Gasteiger partial charge on any atom is -0.497 e. The minimum absolute atomic E-state index is 0.229. The summed E-state index contributed by atoms with van der Waals surface area (Å²) in [7, 11) is 3.17. The van der Waals surface area contributed by atoms with Crippen LogP contribution in [-0.4, -0.2) is 30.1 Å². The molecule has 0 aliphatic carbocycles. The molecule has 1 aromatic heterocycles. The van der Waals surface area contributed by atoms with Gasteiger partial charge in [-0.3, -0.25) is 4.79 Å². The van der Waals surface area contributed by atoms with E-state index in [4.69, 9.17) is 9.47 Å². The predicted molar refractivity (Wildman–Crippen MR) is 109 cm³/mol. The molecule has 2 aromatic carbocycles. The Balaban J connectivity index is 1.68. The highest BCUT2D eigenvalue weighted by molar-refractivity contribution is 6.02. The second kappa shape index (κ2) is 8.85. The summed E-state index contributed by atoms with van der Waals surface area (Å²) in [5.74, 6) is 1.48. The van der Waals surface area contributed by atoms with Crippen LogP contribution in [0.1, 0.15) is 23.0 Å². The van der Waals surface area contributed by atoms with Crippen molar-refractivity contribution >= 4 is 23.1 Å². The first kappa shape index (κ1) is 19.2. The fraction of sp³-hybridized carbons (Fsp3) is 0.190. The van der Waals surface area contributed by atoms with Crippen LogP contribution in [0.3, 0.4) is 0 Å². The second-order valence-corrected chi connectivity index (χ2v) is 5.98. The van der Waals surface area contributed by atoms with Crippen molar-refractivity contribution in [3.63, 3.8) is 0 Å². The third-order valence-electron chi connectivity index (χ3n) is 4.18. The van der Waals surface area contributed by atoms with Gasteiger partial charge in [-0.25, -0.2) is 9.97 Å². The molecule has 0 spiro atoms. The van der Waals surface area contributed by atoms with Crippen molar-refractivity contribution in [1.82, 2.24) is 9.97 Å². The zero-order chi connectivity index (χ0) is 19.9. The van der Waals surface area contributed by atoms with Crippen LogP contribution in [0.4, 0.5) is 17.2 Å². The smallest absolute Gasteiger partial charge is 0.275 e. The molecule has 7 nitrogen and oxygen atoms in total. The van der Waals surface area contributed by atoms with E-state index in [1.807, 2.05) is 36.4 Å². The van der Waals surface area contributed by atoms with Gasteiger partial charge in [-0.15, -0.1) is 0 Å². The molecule has 3 rings (SSSR count).